The van der Waals surface area contributed by atoms with E-state index >= 15 is 0 Å². The molecule has 126 valence electrons. The summed E-state index contributed by atoms with van der Waals surface area (Å²) in [4.78, 5) is 23.4. The van der Waals surface area contributed by atoms with E-state index in [1.165, 1.54) is 10.9 Å². The molecule has 0 fully saturated rings. The minimum absolute atomic E-state index is 0.0842. The Morgan fingerprint density at radius 2 is 2.04 bits per heavy atom. The summed E-state index contributed by atoms with van der Waals surface area (Å²) in [6.45, 7) is 4.30. The van der Waals surface area contributed by atoms with Crippen molar-refractivity contribution in [3.8, 4) is 5.75 Å². The Morgan fingerprint density at radius 1 is 1.25 bits per heavy atom. The minimum atomic E-state index is -0.179. The predicted octanol–water partition coefficient (Wildman–Crippen LogP) is 1.59. The number of ether oxygens (including phenoxy) is 1. The zero-order valence-electron chi connectivity index (χ0n) is 13.3. The van der Waals surface area contributed by atoms with Crippen molar-refractivity contribution >= 4 is 17.5 Å². The van der Waals surface area contributed by atoms with Gasteiger partial charge in [-0.05, 0) is 12.1 Å². The summed E-state index contributed by atoms with van der Waals surface area (Å²) in [5, 5.41) is 9.40. The Kier molecular flexibility index (Phi) is 6.58. The lowest BCUT2D eigenvalue weighted by Gasteiger charge is -2.06. The van der Waals surface area contributed by atoms with Gasteiger partial charge in [0.05, 0.1) is 24.9 Å². The number of anilines is 1. The van der Waals surface area contributed by atoms with Crippen molar-refractivity contribution in [1.29, 1.82) is 0 Å². The van der Waals surface area contributed by atoms with Crippen LogP contribution in [0.4, 0.5) is 5.69 Å². The molecule has 24 heavy (non-hydrogen) atoms. The van der Waals surface area contributed by atoms with Crippen molar-refractivity contribution in [2.24, 2.45) is 0 Å². The number of nitrogens with one attached hydrogen (secondary N) is 2. The van der Waals surface area contributed by atoms with Gasteiger partial charge in [-0.1, -0.05) is 24.3 Å². The molecule has 2 rings (SSSR count). The monoisotopic (exact) mass is 328 g/mol. The predicted molar refractivity (Wildman–Crippen MR) is 90.6 cm³/mol. The molecular formula is C17H20N4O3. The highest BCUT2D eigenvalue weighted by molar-refractivity contribution is 5.90. The largest absolute Gasteiger partial charge is 0.493 e. The zero-order chi connectivity index (χ0) is 17.2. The number of benzene rings is 1. The third-order valence-electron chi connectivity index (χ3n) is 3.01. The molecule has 7 heteroatoms. The Bertz CT molecular complexity index is 682. The minimum Gasteiger partial charge on any atom is -0.493 e. The van der Waals surface area contributed by atoms with Crippen LogP contribution in [0.1, 0.15) is 6.42 Å². The van der Waals surface area contributed by atoms with E-state index in [-0.39, 0.29) is 31.4 Å². The molecule has 0 aliphatic heterocycles. The number of aromatic nitrogens is 2. The fourth-order valence-corrected chi connectivity index (χ4v) is 1.91. The molecular weight excluding hydrogens is 308 g/mol. The first kappa shape index (κ1) is 17.3. The fraction of sp³-hybridized carbons (Fsp3) is 0.235. The first-order valence-electron chi connectivity index (χ1n) is 7.55. The Labute approximate surface area is 140 Å². The summed E-state index contributed by atoms with van der Waals surface area (Å²) in [7, 11) is 0. The normalized spacial score (nSPS) is 10.0. The molecule has 0 atom stereocenters. The lowest BCUT2D eigenvalue weighted by atomic mass is 10.3. The number of carbonyl (C=O) groups is 2. The van der Waals surface area contributed by atoms with Crippen molar-refractivity contribution < 1.29 is 14.3 Å². The number of rotatable bonds is 9. The molecule has 1 heterocycles. The quantitative estimate of drug-likeness (QED) is 0.685. The second-order valence-electron chi connectivity index (χ2n) is 4.98. The Balaban J connectivity index is 1.72. The maximum Gasteiger partial charge on any atom is 0.241 e. The van der Waals surface area contributed by atoms with Crippen LogP contribution in [0.3, 0.4) is 0 Å². The van der Waals surface area contributed by atoms with Gasteiger partial charge in [-0.2, -0.15) is 5.10 Å². The SMILES string of the molecule is C=CCNC(=O)Cn1cc(NC(=O)CCOc2ccccc2)cn1. The van der Waals surface area contributed by atoms with E-state index in [0.717, 1.165) is 5.75 Å². The van der Waals surface area contributed by atoms with E-state index in [9.17, 15) is 9.59 Å². The van der Waals surface area contributed by atoms with Gasteiger partial charge in [0.2, 0.25) is 11.8 Å². The van der Waals surface area contributed by atoms with Gasteiger partial charge in [-0.25, -0.2) is 0 Å². The van der Waals surface area contributed by atoms with Crippen molar-refractivity contribution in [2.45, 2.75) is 13.0 Å². The third kappa shape index (κ3) is 5.96. The first-order valence-corrected chi connectivity index (χ1v) is 7.55. The smallest absolute Gasteiger partial charge is 0.241 e. The third-order valence-corrected chi connectivity index (χ3v) is 3.01. The number of amides is 2. The number of nitrogens with zero attached hydrogens (tertiary/aromatic N) is 2. The Morgan fingerprint density at radius 3 is 2.79 bits per heavy atom. The molecule has 0 bridgehead atoms. The van der Waals surface area contributed by atoms with Crippen LogP contribution >= 0.6 is 0 Å². The van der Waals surface area contributed by atoms with Crippen molar-refractivity contribution in [3.63, 3.8) is 0 Å². The summed E-state index contributed by atoms with van der Waals surface area (Å²) in [5.74, 6) is 0.373. The number of para-hydroxylation sites is 1. The number of hydrogen-bond acceptors (Lipinski definition) is 4. The molecule has 0 aliphatic rings. The average Bonchev–Trinajstić information content (AvgIpc) is 3.00. The van der Waals surface area contributed by atoms with Crippen LogP contribution in [-0.2, 0) is 16.1 Å². The topological polar surface area (TPSA) is 85.2 Å². The Hall–Kier alpha value is -3.09. The van der Waals surface area contributed by atoms with Gasteiger partial charge in [-0.3, -0.25) is 14.3 Å². The van der Waals surface area contributed by atoms with Crippen LogP contribution in [0.15, 0.2) is 55.4 Å². The molecule has 0 saturated carbocycles. The van der Waals surface area contributed by atoms with Crippen LogP contribution in [0.5, 0.6) is 5.75 Å². The van der Waals surface area contributed by atoms with Gasteiger partial charge in [0, 0.05) is 12.7 Å². The van der Waals surface area contributed by atoms with Crippen molar-refractivity contribution in [1.82, 2.24) is 15.1 Å². The van der Waals surface area contributed by atoms with Crippen LogP contribution in [-0.4, -0.2) is 34.7 Å². The standard InChI is InChI=1S/C17H20N4O3/c1-2-9-18-17(23)13-21-12-14(11-19-21)20-16(22)8-10-24-15-6-4-3-5-7-15/h2-7,11-12H,1,8-10,13H2,(H,18,23)(H,20,22). The van der Waals surface area contributed by atoms with Crippen molar-refractivity contribution in [3.05, 3.63) is 55.4 Å². The van der Waals surface area contributed by atoms with Gasteiger partial charge < -0.3 is 15.4 Å². The lowest BCUT2D eigenvalue weighted by Crippen LogP contribution is -2.27. The molecule has 0 spiro atoms. The summed E-state index contributed by atoms with van der Waals surface area (Å²) < 4.78 is 6.92. The van der Waals surface area contributed by atoms with Crippen LogP contribution in [0.25, 0.3) is 0 Å². The van der Waals surface area contributed by atoms with Gasteiger partial charge >= 0.3 is 0 Å². The lowest BCUT2D eigenvalue weighted by molar-refractivity contribution is -0.121. The summed E-state index contributed by atoms with van der Waals surface area (Å²) >= 11 is 0. The molecule has 2 N–H and O–H groups in total. The fourth-order valence-electron chi connectivity index (χ4n) is 1.91. The van der Waals surface area contributed by atoms with Gasteiger partial charge in [0.25, 0.3) is 0 Å². The summed E-state index contributed by atoms with van der Waals surface area (Å²) in [5.41, 5.74) is 0.538. The molecule has 1 aromatic heterocycles. The molecule has 0 saturated heterocycles. The highest BCUT2D eigenvalue weighted by atomic mass is 16.5. The van der Waals surface area contributed by atoms with E-state index < -0.39 is 0 Å². The molecule has 0 unspecified atom stereocenters. The maximum atomic E-state index is 11.9. The molecule has 7 nitrogen and oxygen atoms in total. The molecule has 1 aromatic carbocycles. The van der Waals surface area contributed by atoms with E-state index in [0.29, 0.717) is 12.2 Å². The molecule has 0 aliphatic carbocycles. The highest BCUT2D eigenvalue weighted by Crippen LogP contribution is 2.09. The van der Waals surface area contributed by atoms with Crippen LogP contribution in [0, 0.1) is 0 Å². The molecule has 2 amide bonds. The van der Waals surface area contributed by atoms with E-state index in [4.69, 9.17) is 4.74 Å². The van der Waals surface area contributed by atoms with E-state index in [2.05, 4.69) is 22.3 Å². The maximum absolute atomic E-state index is 11.9. The summed E-state index contributed by atoms with van der Waals surface area (Å²) in [6, 6.07) is 9.30. The van der Waals surface area contributed by atoms with Crippen LogP contribution in [0.2, 0.25) is 0 Å². The van der Waals surface area contributed by atoms with Gasteiger partial charge in [-0.15, -0.1) is 6.58 Å². The number of hydrogen-bond donors (Lipinski definition) is 2. The highest BCUT2D eigenvalue weighted by Gasteiger charge is 2.07. The van der Waals surface area contributed by atoms with Crippen LogP contribution < -0.4 is 15.4 Å². The second-order valence-corrected chi connectivity index (χ2v) is 4.98. The zero-order valence-corrected chi connectivity index (χ0v) is 13.3. The first-order chi connectivity index (χ1) is 11.7. The average molecular weight is 328 g/mol. The van der Waals surface area contributed by atoms with Gasteiger partial charge in [0.15, 0.2) is 0 Å². The number of carbonyl (C=O) groups excluding carboxylic acids is 2. The molecule has 0 radical (unpaired) electrons. The summed E-state index contributed by atoms with van der Waals surface area (Å²) in [6.07, 6.45) is 4.92. The van der Waals surface area contributed by atoms with E-state index in [1.807, 2.05) is 30.3 Å². The van der Waals surface area contributed by atoms with Crippen molar-refractivity contribution in [2.75, 3.05) is 18.5 Å². The van der Waals surface area contributed by atoms with Gasteiger partial charge in [0.1, 0.15) is 12.3 Å². The van der Waals surface area contributed by atoms with E-state index in [1.54, 1.807) is 12.3 Å². The second kappa shape index (κ2) is 9.14. The molecule has 2 aromatic rings.